The van der Waals surface area contributed by atoms with Crippen LogP contribution in [0.2, 0.25) is 0 Å². The second-order valence-corrected chi connectivity index (χ2v) is 8.68. The van der Waals surface area contributed by atoms with Gasteiger partial charge in [-0.15, -0.1) is 0 Å². The molecule has 152 valence electrons. The van der Waals surface area contributed by atoms with Gasteiger partial charge in [0.25, 0.3) is 0 Å². The molecule has 1 aliphatic heterocycles. The zero-order chi connectivity index (χ0) is 20.4. The minimum Gasteiger partial charge on any atom is -0.326 e. The summed E-state index contributed by atoms with van der Waals surface area (Å²) in [7, 11) is 0. The Kier molecular flexibility index (Phi) is 5.70. The van der Waals surface area contributed by atoms with Crippen molar-refractivity contribution in [3.05, 3.63) is 59.7 Å². The predicted octanol–water partition coefficient (Wildman–Crippen LogP) is 5.14. The van der Waals surface area contributed by atoms with Gasteiger partial charge in [-0.05, 0) is 67.3 Å². The number of fused-ring (bicyclic) bond motifs is 1. The van der Waals surface area contributed by atoms with Gasteiger partial charge < -0.3 is 10.2 Å². The normalized spacial score (nSPS) is 21.1. The predicted molar refractivity (Wildman–Crippen MR) is 117 cm³/mol. The molecule has 1 fully saturated rings. The summed E-state index contributed by atoms with van der Waals surface area (Å²) < 4.78 is 0. The molecule has 0 radical (unpaired) electrons. The highest BCUT2D eigenvalue weighted by atomic mass is 16.2. The standard InChI is InChI=1S/C25H30N2O2/c1-17(2)18-11-13-22(14-12-18)26-24(28)20-7-9-21(10-8-20)25(29)27-16-15-19-5-3-4-6-23(19)27/h3-6,11-14,17,20-21H,7-10,15-16H2,1-2H3,(H,26,28). The fraction of sp³-hybridized carbons (Fsp3) is 0.440. The van der Waals surface area contributed by atoms with Crippen molar-refractivity contribution >= 4 is 23.2 Å². The lowest BCUT2D eigenvalue weighted by molar-refractivity contribution is -0.126. The average Bonchev–Trinajstić information content (AvgIpc) is 3.18. The van der Waals surface area contributed by atoms with Gasteiger partial charge in [0.05, 0.1) is 0 Å². The molecule has 4 nitrogen and oxygen atoms in total. The number of carbonyl (C=O) groups excluding carboxylic acids is 2. The van der Waals surface area contributed by atoms with Crippen LogP contribution in [0, 0.1) is 11.8 Å². The van der Waals surface area contributed by atoms with Gasteiger partial charge in [0.15, 0.2) is 0 Å². The van der Waals surface area contributed by atoms with E-state index in [-0.39, 0.29) is 23.7 Å². The number of para-hydroxylation sites is 1. The van der Waals surface area contributed by atoms with Gasteiger partial charge in [-0.1, -0.05) is 44.2 Å². The topological polar surface area (TPSA) is 49.4 Å². The molecule has 0 atom stereocenters. The third kappa shape index (κ3) is 4.21. The Labute approximate surface area is 173 Å². The second-order valence-electron chi connectivity index (χ2n) is 8.68. The van der Waals surface area contributed by atoms with Gasteiger partial charge >= 0.3 is 0 Å². The van der Waals surface area contributed by atoms with Crippen LogP contribution >= 0.6 is 0 Å². The van der Waals surface area contributed by atoms with Gasteiger partial charge in [0, 0.05) is 29.8 Å². The molecule has 2 amide bonds. The highest BCUT2D eigenvalue weighted by molar-refractivity contribution is 5.97. The van der Waals surface area contributed by atoms with E-state index in [4.69, 9.17) is 0 Å². The maximum atomic E-state index is 13.0. The van der Waals surface area contributed by atoms with Crippen molar-refractivity contribution in [3.8, 4) is 0 Å². The number of amides is 2. The van der Waals surface area contributed by atoms with Crippen LogP contribution < -0.4 is 10.2 Å². The van der Waals surface area contributed by atoms with Crippen molar-refractivity contribution in [1.29, 1.82) is 0 Å². The largest absolute Gasteiger partial charge is 0.326 e. The Bertz CT molecular complexity index is 880. The summed E-state index contributed by atoms with van der Waals surface area (Å²) in [5.74, 6) is 0.832. The first kappa shape index (κ1) is 19.7. The van der Waals surface area contributed by atoms with E-state index >= 15 is 0 Å². The molecule has 0 bridgehead atoms. The smallest absolute Gasteiger partial charge is 0.230 e. The number of hydrogen-bond donors (Lipinski definition) is 1. The summed E-state index contributed by atoms with van der Waals surface area (Å²) in [5, 5.41) is 3.06. The van der Waals surface area contributed by atoms with E-state index in [0.717, 1.165) is 50.0 Å². The molecular formula is C25H30N2O2. The fourth-order valence-corrected chi connectivity index (χ4v) is 4.59. The lowest BCUT2D eigenvalue weighted by Gasteiger charge is -2.30. The molecule has 1 heterocycles. The molecule has 1 N–H and O–H groups in total. The quantitative estimate of drug-likeness (QED) is 0.785. The van der Waals surface area contributed by atoms with Crippen LogP contribution in [0.5, 0.6) is 0 Å². The Morgan fingerprint density at radius 2 is 1.59 bits per heavy atom. The molecule has 0 unspecified atom stereocenters. The zero-order valence-corrected chi connectivity index (χ0v) is 17.4. The average molecular weight is 391 g/mol. The zero-order valence-electron chi connectivity index (χ0n) is 17.4. The number of anilines is 2. The molecular weight excluding hydrogens is 360 g/mol. The second kappa shape index (κ2) is 8.40. The molecule has 4 heteroatoms. The van der Waals surface area contributed by atoms with Crippen LogP contribution in [0.3, 0.4) is 0 Å². The Morgan fingerprint density at radius 3 is 2.28 bits per heavy atom. The molecule has 1 saturated carbocycles. The van der Waals surface area contributed by atoms with Gasteiger partial charge in [0.2, 0.25) is 11.8 Å². The molecule has 4 rings (SSSR count). The maximum Gasteiger partial charge on any atom is 0.230 e. The van der Waals surface area contributed by atoms with Crippen LogP contribution in [0.25, 0.3) is 0 Å². The SMILES string of the molecule is CC(C)c1ccc(NC(=O)C2CCC(C(=O)N3CCc4ccccc43)CC2)cc1. The first-order valence-electron chi connectivity index (χ1n) is 10.8. The lowest BCUT2D eigenvalue weighted by Crippen LogP contribution is -2.38. The number of rotatable bonds is 4. The van der Waals surface area contributed by atoms with E-state index in [1.807, 2.05) is 35.2 Å². The molecule has 0 aromatic heterocycles. The minimum atomic E-state index is -0.00492. The summed E-state index contributed by atoms with van der Waals surface area (Å²) in [4.78, 5) is 27.7. The van der Waals surface area contributed by atoms with Gasteiger partial charge in [-0.3, -0.25) is 9.59 Å². The third-order valence-electron chi connectivity index (χ3n) is 6.45. The van der Waals surface area contributed by atoms with Crippen molar-refractivity contribution < 1.29 is 9.59 Å². The summed E-state index contributed by atoms with van der Waals surface area (Å²) in [6.45, 7) is 5.10. The number of carbonyl (C=O) groups is 2. The Balaban J connectivity index is 1.31. The monoisotopic (exact) mass is 390 g/mol. The third-order valence-corrected chi connectivity index (χ3v) is 6.45. The van der Waals surface area contributed by atoms with E-state index in [2.05, 4.69) is 37.4 Å². The van der Waals surface area contributed by atoms with Gasteiger partial charge in [0.1, 0.15) is 0 Å². The molecule has 0 saturated heterocycles. The summed E-state index contributed by atoms with van der Waals surface area (Å²) >= 11 is 0. The number of benzene rings is 2. The van der Waals surface area contributed by atoms with Crippen LogP contribution in [0.15, 0.2) is 48.5 Å². The maximum absolute atomic E-state index is 13.0. The number of hydrogen-bond acceptors (Lipinski definition) is 2. The molecule has 29 heavy (non-hydrogen) atoms. The summed E-state index contributed by atoms with van der Waals surface area (Å²) in [5.41, 5.74) is 4.45. The minimum absolute atomic E-state index is 0.00492. The van der Waals surface area contributed by atoms with Crippen LogP contribution in [0.1, 0.15) is 56.6 Å². The lowest BCUT2D eigenvalue weighted by atomic mass is 9.81. The number of nitrogens with zero attached hydrogens (tertiary/aromatic N) is 1. The van der Waals surface area contributed by atoms with E-state index in [1.54, 1.807) is 0 Å². The van der Waals surface area contributed by atoms with Crippen LogP contribution in [-0.4, -0.2) is 18.4 Å². The van der Waals surface area contributed by atoms with Crippen molar-refractivity contribution in [3.63, 3.8) is 0 Å². The Morgan fingerprint density at radius 1 is 0.931 bits per heavy atom. The summed E-state index contributed by atoms with van der Waals surface area (Å²) in [6.07, 6.45) is 4.09. The molecule has 1 aliphatic carbocycles. The van der Waals surface area contributed by atoms with Crippen LogP contribution in [0.4, 0.5) is 11.4 Å². The van der Waals surface area contributed by atoms with Crippen LogP contribution in [-0.2, 0) is 16.0 Å². The Hall–Kier alpha value is -2.62. The first-order valence-corrected chi connectivity index (χ1v) is 10.8. The van der Waals surface area contributed by atoms with Gasteiger partial charge in [-0.25, -0.2) is 0 Å². The van der Waals surface area contributed by atoms with Crippen molar-refractivity contribution in [2.24, 2.45) is 11.8 Å². The first-order chi connectivity index (χ1) is 14.0. The number of nitrogens with one attached hydrogen (secondary N) is 1. The van der Waals surface area contributed by atoms with E-state index < -0.39 is 0 Å². The van der Waals surface area contributed by atoms with Crippen molar-refractivity contribution in [1.82, 2.24) is 0 Å². The molecule has 2 aromatic carbocycles. The highest BCUT2D eigenvalue weighted by Gasteiger charge is 2.34. The molecule has 0 spiro atoms. The highest BCUT2D eigenvalue weighted by Crippen LogP contribution is 2.35. The summed E-state index contributed by atoms with van der Waals surface area (Å²) in [6, 6.07) is 16.3. The van der Waals surface area contributed by atoms with E-state index in [9.17, 15) is 9.59 Å². The fourth-order valence-electron chi connectivity index (χ4n) is 4.59. The molecule has 2 aliphatic rings. The van der Waals surface area contributed by atoms with Gasteiger partial charge in [-0.2, -0.15) is 0 Å². The van der Waals surface area contributed by atoms with Crippen molar-refractivity contribution in [2.45, 2.75) is 51.9 Å². The van der Waals surface area contributed by atoms with Crippen molar-refractivity contribution in [2.75, 3.05) is 16.8 Å². The molecule has 2 aromatic rings. The van der Waals surface area contributed by atoms with E-state index in [1.165, 1.54) is 11.1 Å². The van der Waals surface area contributed by atoms with E-state index in [0.29, 0.717) is 5.92 Å².